The Bertz CT molecular complexity index is 713. The average Bonchev–Trinajstić information content (AvgIpc) is 2.53. The molecule has 2 aromatic rings. The van der Waals surface area contributed by atoms with Gasteiger partial charge >= 0.3 is 0 Å². The van der Waals surface area contributed by atoms with Gasteiger partial charge in [-0.15, -0.1) is 0 Å². The van der Waals surface area contributed by atoms with E-state index >= 15 is 0 Å². The molecule has 0 saturated heterocycles. The molecule has 4 nitrogen and oxygen atoms in total. The molecule has 0 bridgehead atoms. The number of hydrogen-bond donors (Lipinski definition) is 1. The van der Waals surface area contributed by atoms with Crippen LogP contribution < -0.4 is 10.6 Å². The monoisotopic (exact) mass is 299 g/mol. The molecule has 1 aliphatic rings. The van der Waals surface area contributed by atoms with Crippen LogP contribution in [0.3, 0.4) is 0 Å². The summed E-state index contributed by atoms with van der Waals surface area (Å²) in [6, 6.07) is 15.3. The predicted octanol–water partition coefficient (Wildman–Crippen LogP) is 2.44. The summed E-state index contributed by atoms with van der Waals surface area (Å²) >= 11 is 6.11. The number of aliphatic imine (C=N–C) groups is 1. The highest BCUT2D eigenvalue weighted by atomic mass is 35.5. The topological polar surface area (TPSA) is 58.7 Å². The number of halogens is 1. The molecule has 1 heterocycles. The third-order valence-corrected chi connectivity index (χ3v) is 3.63. The van der Waals surface area contributed by atoms with Crippen molar-refractivity contribution in [3.8, 4) is 0 Å². The lowest BCUT2D eigenvalue weighted by Crippen LogP contribution is -2.39. The van der Waals surface area contributed by atoms with Gasteiger partial charge < -0.3 is 5.73 Å². The highest BCUT2D eigenvalue weighted by Gasteiger charge is 2.24. The second kappa shape index (κ2) is 5.68. The second-order valence-corrected chi connectivity index (χ2v) is 5.14. The van der Waals surface area contributed by atoms with E-state index in [1.54, 1.807) is 11.0 Å². The Balaban J connectivity index is 2.13. The Morgan fingerprint density at radius 3 is 2.71 bits per heavy atom. The summed E-state index contributed by atoms with van der Waals surface area (Å²) in [6.45, 7) is 0.229. The molecule has 0 atom stereocenters. The molecule has 3 rings (SSSR count). The number of benzene rings is 2. The van der Waals surface area contributed by atoms with Crippen LogP contribution in [0.2, 0.25) is 5.02 Å². The van der Waals surface area contributed by atoms with Crippen molar-refractivity contribution in [2.75, 3.05) is 18.1 Å². The van der Waals surface area contributed by atoms with Crippen molar-refractivity contribution >= 4 is 28.9 Å². The van der Waals surface area contributed by atoms with Crippen molar-refractivity contribution in [2.45, 2.75) is 0 Å². The van der Waals surface area contributed by atoms with Crippen molar-refractivity contribution in [3.05, 3.63) is 64.7 Å². The largest absolute Gasteiger partial charge is 0.322 e. The van der Waals surface area contributed by atoms with Gasteiger partial charge in [-0.2, -0.15) is 0 Å². The molecule has 5 heteroatoms. The van der Waals surface area contributed by atoms with Crippen LogP contribution in [0.25, 0.3) is 0 Å². The minimum Gasteiger partial charge on any atom is -0.322 e. The SMILES string of the molecule is NCC(=O)N1CN=C(c2ccccc2)c2cc(Cl)ccc21. The van der Waals surface area contributed by atoms with E-state index in [9.17, 15) is 4.79 Å². The van der Waals surface area contributed by atoms with E-state index < -0.39 is 0 Å². The molecule has 106 valence electrons. The van der Waals surface area contributed by atoms with Crippen LogP contribution in [0, 0.1) is 0 Å². The summed E-state index contributed by atoms with van der Waals surface area (Å²) < 4.78 is 0. The lowest BCUT2D eigenvalue weighted by Gasteiger charge is -2.28. The van der Waals surface area contributed by atoms with Crippen LogP contribution in [0.4, 0.5) is 5.69 Å². The number of hydrogen-bond acceptors (Lipinski definition) is 3. The van der Waals surface area contributed by atoms with Gasteiger partial charge in [-0.25, -0.2) is 0 Å². The maximum Gasteiger partial charge on any atom is 0.242 e. The zero-order valence-corrected chi connectivity index (χ0v) is 12.0. The number of nitrogens with zero attached hydrogens (tertiary/aromatic N) is 2. The molecule has 0 aliphatic carbocycles. The number of carbonyl (C=O) groups is 1. The molecule has 2 aromatic carbocycles. The van der Waals surface area contributed by atoms with Gasteiger partial charge in [-0.05, 0) is 18.2 Å². The Kier molecular flexibility index (Phi) is 3.73. The van der Waals surface area contributed by atoms with Gasteiger partial charge in [0.05, 0.1) is 17.9 Å². The zero-order valence-electron chi connectivity index (χ0n) is 11.3. The Labute approximate surface area is 127 Å². The normalized spacial score (nSPS) is 13.6. The summed E-state index contributed by atoms with van der Waals surface area (Å²) in [5.41, 5.74) is 8.96. The van der Waals surface area contributed by atoms with Crippen LogP contribution in [0.15, 0.2) is 53.5 Å². The summed E-state index contributed by atoms with van der Waals surface area (Å²) in [5.74, 6) is -0.158. The summed E-state index contributed by atoms with van der Waals surface area (Å²) in [6.07, 6.45) is 0. The molecule has 0 radical (unpaired) electrons. The molecule has 2 N–H and O–H groups in total. The summed E-state index contributed by atoms with van der Waals surface area (Å²) in [4.78, 5) is 18.1. The minimum atomic E-state index is -0.158. The van der Waals surface area contributed by atoms with Crippen LogP contribution in [-0.2, 0) is 4.79 Å². The molecule has 1 amide bonds. The van der Waals surface area contributed by atoms with E-state index in [0.717, 1.165) is 22.5 Å². The molecule has 0 aromatic heterocycles. The van der Waals surface area contributed by atoms with Crippen LogP contribution in [0.1, 0.15) is 11.1 Å². The summed E-state index contributed by atoms with van der Waals surface area (Å²) in [5, 5.41) is 0.611. The molecular weight excluding hydrogens is 286 g/mol. The summed E-state index contributed by atoms with van der Waals surface area (Å²) in [7, 11) is 0. The molecule has 0 spiro atoms. The first-order chi connectivity index (χ1) is 10.2. The number of anilines is 1. The Hall–Kier alpha value is -2.17. The third-order valence-electron chi connectivity index (χ3n) is 3.40. The number of amides is 1. The van der Waals surface area contributed by atoms with Crippen LogP contribution in [0.5, 0.6) is 0 Å². The van der Waals surface area contributed by atoms with Crippen molar-refractivity contribution in [1.29, 1.82) is 0 Å². The quantitative estimate of drug-likeness (QED) is 0.926. The predicted molar refractivity (Wildman–Crippen MR) is 84.9 cm³/mol. The highest BCUT2D eigenvalue weighted by Crippen LogP contribution is 2.30. The zero-order chi connectivity index (χ0) is 14.8. The van der Waals surface area contributed by atoms with Crippen molar-refractivity contribution < 1.29 is 4.79 Å². The Morgan fingerprint density at radius 1 is 1.24 bits per heavy atom. The van der Waals surface area contributed by atoms with Crippen LogP contribution in [-0.4, -0.2) is 24.8 Å². The Morgan fingerprint density at radius 2 is 2.00 bits per heavy atom. The number of carbonyl (C=O) groups excluding carboxylic acids is 1. The van der Waals surface area contributed by atoms with Gasteiger partial charge in [0.1, 0.15) is 6.67 Å². The van der Waals surface area contributed by atoms with Gasteiger partial charge in [0.15, 0.2) is 0 Å². The highest BCUT2D eigenvalue weighted by molar-refractivity contribution is 6.32. The van der Waals surface area contributed by atoms with Gasteiger partial charge in [0.25, 0.3) is 0 Å². The first kappa shape index (κ1) is 13.8. The molecule has 1 aliphatic heterocycles. The fraction of sp³-hybridized carbons (Fsp3) is 0.125. The standard InChI is InChI=1S/C16H14ClN3O/c17-12-6-7-14-13(8-12)16(11-4-2-1-3-5-11)19-10-20(14)15(21)9-18/h1-8H,9-10,18H2. The lowest BCUT2D eigenvalue weighted by atomic mass is 9.98. The van der Waals surface area contributed by atoms with E-state index in [0.29, 0.717) is 5.02 Å². The average molecular weight is 300 g/mol. The first-order valence-electron chi connectivity index (χ1n) is 6.61. The maximum absolute atomic E-state index is 12.0. The van der Waals surface area contributed by atoms with Crippen LogP contribution >= 0.6 is 11.6 Å². The van der Waals surface area contributed by atoms with E-state index in [4.69, 9.17) is 17.3 Å². The minimum absolute atomic E-state index is 0.0434. The number of fused-ring (bicyclic) bond motifs is 1. The van der Waals surface area contributed by atoms with Crippen molar-refractivity contribution in [3.63, 3.8) is 0 Å². The third kappa shape index (κ3) is 2.55. The lowest BCUT2D eigenvalue weighted by molar-refractivity contribution is -0.117. The molecule has 0 unspecified atom stereocenters. The molecular formula is C16H14ClN3O. The van der Waals surface area contributed by atoms with Gasteiger partial charge in [-0.3, -0.25) is 14.7 Å². The molecule has 0 fully saturated rings. The number of nitrogens with two attached hydrogens (primary N) is 1. The van der Waals surface area contributed by atoms with E-state index in [-0.39, 0.29) is 19.1 Å². The van der Waals surface area contributed by atoms with E-state index in [2.05, 4.69) is 4.99 Å². The van der Waals surface area contributed by atoms with Gasteiger partial charge in [0.2, 0.25) is 5.91 Å². The van der Waals surface area contributed by atoms with Crippen molar-refractivity contribution in [2.24, 2.45) is 10.7 Å². The fourth-order valence-electron chi connectivity index (χ4n) is 2.40. The second-order valence-electron chi connectivity index (χ2n) is 4.70. The van der Waals surface area contributed by atoms with Gasteiger partial charge in [-0.1, -0.05) is 41.9 Å². The fourth-order valence-corrected chi connectivity index (χ4v) is 2.57. The smallest absolute Gasteiger partial charge is 0.242 e. The van der Waals surface area contributed by atoms with E-state index in [1.807, 2.05) is 42.5 Å². The first-order valence-corrected chi connectivity index (χ1v) is 6.98. The maximum atomic E-state index is 12.0. The van der Waals surface area contributed by atoms with E-state index in [1.165, 1.54) is 0 Å². The molecule has 21 heavy (non-hydrogen) atoms. The number of rotatable bonds is 2. The molecule has 0 saturated carbocycles. The van der Waals surface area contributed by atoms with Crippen molar-refractivity contribution in [1.82, 2.24) is 0 Å². The van der Waals surface area contributed by atoms with Gasteiger partial charge in [0, 0.05) is 16.1 Å².